The van der Waals surface area contributed by atoms with E-state index in [1.807, 2.05) is 12.1 Å². The average Bonchev–Trinajstić information content (AvgIpc) is 2.62. The van der Waals surface area contributed by atoms with E-state index in [0.29, 0.717) is 36.4 Å². The zero-order valence-corrected chi connectivity index (χ0v) is 13.5. The molecule has 8 nitrogen and oxygen atoms in total. The molecule has 1 aromatic carbocycles. The Hall–Kier alpha value is -3.29. The van der Waals surface area contributed by atoms with E-state index in [0.717, 1.165) is 0 Å². The number of hydrogen-bond donors (Lipinski definition) is 2. The van der Waals surface area contributed by atoms with Crippen LogP contribution in [0, 0.1) is 10.1 Å². The molecule has 0 fully saturated rings. The van der Waals surface area contributed by atoms with E-state index < -0.39 is 10.9 Å². The quantitative estimate of drug-likeness (QED) is 0.312. The Morgan fingerprint density at radius 1 is 1.16 bits per heavy atom. The number of anilines is 1. The summed E-state index contributed by atoms with van der Waals surface area (Å²) in [5, 5.41) is 23.7. The van der Waals surface area contributed by atoms with Gasteiger partial charge in [0.1, 0.15) is 0 Å². The number of aromatic nitrogens is 1. The van der Waals surface area contributed by atoms with Crippen LogP contribution in [0.2, 0.25) is 0 Å². The molecule has 2 rings (SSSR count). The van der Waals surface area contributed by atoms with Gasteiger partial charge in [0.05, 0.1) is 22.0 Å². The summed E-state index contributed by atoms with van der Waals surface area (Å²) in [7, 11) is 0. The third-order valence-corrected chi connectivity index (χ3v) is 3.41. The second-order valence-electron chi connectivity index (χ2n) is 5.29. The normalized spacial score (nSPS) is 11.1. The fourth-order valence-electron chi connectivity index (χ4n) is 2.13. The minimum Gasteiger partial charge on any atom is -0.481 e. The van der Waals surface area contributed by atoms with E-state index in [4.69, 9.17) is 5.11 Å². The first-order chi connectivity index (χ1) is 12.1. The Kier molecular flexibility index (Phi) is 6.58. The monoisotopic (exact) mass is 342 g/mol. The molecule has 0 spiro atoms. The lowest BCUT2D eigenvalue weighted by atomic mass is 10.1. The highest BCUT2D eigenvalue weighted by molar-refractivity contribution is 5.99. The van der Waals surface area contributed by atoms with Gasteiger partial charge in [-0.1, -0.05) is 6.07 Å². The summed E-state index contributed by atoms with van der Waals surface area (Å²) in [6.45, 7) is 0. The van der Waals surface area contributed by atoms with E-state index in [9.17, 15) is 14.9 Å². The number of carbonyl (C=O) groups is 1. The van der Waals surface area contributed by atoms with Crippen LogP contribution in [-0.4, -0.2) is 26.7 Å². The zero-order valence-electron chi connectivity index (χ0n) is 13.5. The number of rotatable bonds is 9. The van der Waals surface area contributed by atoms with Gasteiger partial charge in [-0.05, 0) is 43.5 Å². The van der Waals surface area contributed by atoms with Gasteiger partial charge in [0.2, 0.25) is 0 Å². The van der Waals surface area contributed by atoms with Gasteiger partial charge in [-0.25, -0.2) is 0 Å². The summed E-state index contributed by atoms with van der Waals surface area (Å²) in [5.41, 5.74) is 4.89. The first-order valence-corrected chi connectivity index (χ1v) is 7.76. The van der Waals surface area contributed by atoms with Crippen LogP contribution in [0.1, 0.15) is 31.4 Å². The van der Waals surface area contributed by atoms with Gasteiger partial charge in [-0.15, -0.1) is 0 Å². The number of nitrogens with one attached hydrogen (secondary N) is 1. The van der Waals surface area contributed by atoms with Crippen molar-refractivity contribution in [3.8, 4) is 0 Å². The molecule has 1 aromatic heterocycles. The lowest BCUT2D eigenvalue weighted by Crippen LogP contribution is -2.07. The highest BCUT2D eigenvalue weighted by Crippen LogP contribution is 2.16. The van der Waals surface area contributed by atoms with Gasteiger partial charge in [0, 0.05) is 24.8 Å². The van der Waals surface area contributed by atoms with Gasteiger partial charge < -0.3 is 5.11 Å². The summed E-state index contributed by atoms with van der Waals surface area (Å²) < 4.78 is 0. The van der Waals surface area contributed by atoms with Crippen LogP contribution in [0.5, 0.6) is 0 Å². The Morgan fingerprint density at radius 3 is 2.48 bits per heavy atom. The number of nitro benzene ring substituents is 1. The molecule has 0 amide bonds. The van der Waals surface area contributed by atoms with Gasteiger partial charge >= 0.3 is 5.97 Å². The molecule has 0 aliphatic heterocycles. The number of carboxylic acid groups (broad SMARTS) is 1. The topological polar surface area (TPSA) is 118 Å². The SMILES string of the molecule is O=C(O)CCCCC(=NNc1ccc([N+](=O)[O-])cc1)c1ccccn1. The summed E-state index contributed by atoms with van der Waals surface area (Å²) in [6, 6.07) is 11.4. The van der Waals surface area contributed by atoms with Crippen molar-refractivity contribution in [2.24, 2.45) is 5.10 Å². The molecule has 2 N–H and O–H groups in total. The number of benzene rings is 1. The van der Waals surface area contributed by atoms with Crippen molar-refractivity contribution in [3.05, 3.63) is 64.5 Å². The predicted octanol–water partition coefficient (Wildman–Crippen LogP) is 3.45. The Labute approximate surface area is 144 Å². The van der Waals surface area contributed by atoms with E-state index in [2.05, 4.69) is 15.5 Å². The van der Waals surface area contributed by atoms with Crippen molar-refractivity contribution in [1.82, 2.24) is 4.98 Å². The molecule has 0 atom stereocenters. The van der Waals surface area contributed by atoms with Crippen LogP contribution in [-0.2, 0) is 4.79 Å². The van der Waals surface area contributed by atoms with E-state index >= 15 is 0 Å². The lowest BCUT2D eigenvalue weighted by molar-refractivity contribution is -0.384. The molecule has 0 aliphatic carbocycles. The summed E-state index contributed by atoms with van der Waals surface area (Å²) in [6.07, 6.45) is 3.58. The van der Waals surface area contributed by atoms with Crippen molar-refractivity contribution in [2.75, 3.05) is 5.43 Å². The summed E-state index contributed by atoms with van der Waals surface area (Å²) in [5.74, 6) is -0.819. The van der Waals surface area contributed by atoms with Gasteiger partial charge in [-0.3, -0.25) is 25.3 Å². The molecule has 0 saturated heterocycles. The minimum atomic E-state index is -0.819. The highest BCUT2D eigenvalue weighted by atomic mass is 16.6. The molecule has 0 bridgehead atoms. The Morgan fingerprint density at radius 2 is 1.88 bits per heavy atom. The second kappa shape index (κ2) is 9.11. The smallest absolute Gasteiger partial charge is 0.303 e. The maximum atomic E-state index is 10.7. The van der Waals surface area contributed by atoms with Crippen LogP contribution >= 0.6 is 0 Å². The molecule has 1 heterocycles. The van der Waals surface area contributed by atoms with Gasteiger partial charge in [-0.2, -0.15) is 5.10 Å². The molecule has 130 valence electrons. The number of nitrogens with zero attached hydrogens (tertiary/aromatic N) is 3. The van der Waals surface area contributed by atoms with Crippen molar-refractivity contribution >= 4 is 23.1 Å². The minimum absolute atomic E-state index is 0.00755. The first-order valence-electron chi connectivity index (χ1n) is 7.76. The van der Waals surface area contributed by atoms with Crippen LogP contribution in [0.25, 0.3) is 0 Å². The third kappa shape index (κ3) is 6.02. The van der Waals surface area contributed by atoms with Crippen LogP contribution in [0.3, 0.4) is 0 Å². The van der Waals surface area contributed by atoms with E-state index in [1.54, 1.807) is 24.4 Å². The molecule has 25 heavy (non-hydrogen) atoms. The molecule has 8 heteroatoms. The Balaban J connectivity index is 2.07. The summed E-state index contributed by atoms with van der Waals surface area (Å²) >= 11 is 0. The lowest BCUT2D eigenvalue weighted by Gasteiger charge is -2.07. The largest absolute Gasteiger partial charge is 0.481 e. The maximum Gasteiger partial charge on any atom is 0.303 e. The third-order valence-electron chi connectivity index (χ3n) is 3.41. The number of nitro groups is 1. The number of unbranched alkanes of at least 4 members (excludes halogenated alkanes) is 1. The average molecular weight is 342 g/mol. The first kappa shape index (κ1) is 18.1. The van der Waals surface area contributed by atoms with Crippen molar-refractivity contribution in [3.63, 3.8) is 0 Å². The number of hydrogen-bond acceptors (Lipinski definition) is 6. The predicted molar refractivity (Wildman–Crippen MR) is 93.6 cm³/mol. The number of non-ortho nitro benzene ring substituents is 1. The van der Waals surface area contributed by atoms with E-state index in [1.165, 1.54) is 12.1 Å². The number of pyridine rings is 1. The molecule has 2 aromatic rings. The van der Waals surface area contributed by atoms with Crippen molar-refractivity contribution in [2.45, 2.75) is 25.7 Å². The number of aliphatic carboxylic acids is 1. The van der Waals surface area contributed by atoms with Gasteiger partial charge in [0.15, 0.2) is 0 Å². The zero-order chi connectivity index (χ0) is 18.1. The molecular formula is C17H18N4O4. The summed E-state index contributed by atoms with van der Waals surface area (Å²) in [4.78, 5) is 25.1. The Bertz CT molecular complexity index is 745. The van der Waals surface area contributed by atoms with Crippen molar-refractivity contribution in [1.29, 1.82) is 0 Å². The molecule has 0 saturated carbocycles. The fourth-order valence-corrected chi connectivity index (χ4v) is 2.13. The molecule has 0 aliphatic rings. The van der Waals surface area contributed by atoms with Crippen LogP contribution < -0.4 is 5.43 Å². The fraction of sp³-hybridized carbons (Fsp3) is 0.235. The maximum absolute atomic E-state index is 10.7. The number of hydrazone groups is 1. The van der Waals surface area contributed by atoms with E-state index in [-0.39, 0.29) is 12.1 Å². The molecular weight excluding hydrogens is 324 g/mol. The van der Waals surface area contributed by atoms with Crippen LogP contribution in [0.15, 0.2) is 53.8 Å². The van der Waals surface area contributed by atoms with Crippen molar-refractivity contribution < 1.29 is 14.8 Å². The van der Waals surface area contributed by atoms with Gasteiger partial charge in [0.25, 0.3) is 5.69 Å². The molecule has 0 unspecified atom stereocenters. The standard InChI is InChI=1S/C17H18N4O4/c22-17(23)7-2-1-6-16(15-5-3-4-12-18-15)20-19-13-8-10-14(11-9-13)21(24)25/h3-5,8-12,19H,1-2,6-7H2,(H,22,23). The highest BCUT2D eigenvalue weighted by Gasteiger charge is 2.07. The van der Waals surface area contributed by atoms with Crippen LogP contribution in [0.4, 0.5) is 11.4 Å². The molecule has 0 radical (unpaired) electrons. The number of carboxylic acids is 1. The second-order valence-corrected chi connectivity index (χ2v) is 5.29.